The molecule has 0 atom stereocenters. The lowest BCUT2D eigenvalue weighted by Gasteiger charge is -2.26. The molecule has 2 aromatic carbocycles. The van der Waals surface area contributed by atoms with Crippen molar-refractivity contribution in [2.75, 3.05) is 26.3 Å². The molecular weight excluding hydrogens is 378 g/mol. The monoisotopic (exact) mass is 395 g/mol. The Morgan fingerprint density at radius 3 is 2.58 bits per heavy atom. The number of sulfonamides is 1. The summed E-state index contributed by atoms with van der Waals surface area (Å²) in [5.41, 5.74) is 0.872. The van der Waals surface area contributed by atoms with Crippen LogP contribution in [-0.2, 0) is 14.8 Å². The molecule has 26 heavy (non-hydrogen) atoms. The van der Waals surface area contributed by atoms with E-state index in [0.29, 0.717) is 42.6 Å². The number of esters is 1. The SMILES string of the molecule is Cc1cc(Cl)ccc1OC(=O)c1cccc(S(=O)(=O)N2CCOCC2)c1. The molecular formula is C18H18ClNO5S. The van der Waals surface area contributed by atoms with Crippen molar-refractivity contribution < 1.29 is 22.7 Å². The number of nitrogens with zero attached hydrogens (tertiary/aromatic N) is 1. The zero-order chi connectivity index (χ0) is 18.7. The van der Waals surface area contributed by atoms with E-state index < -0.39 is 16.0 Å². The summed E-state index contributed by atoms with van der Waals surface area (Å²) in [6.07, 6.45) is 0. The standard InChI is InChI=1S/C18H18ClNO5S/c1-13-11-15(19)5-6-17(13)25-18(21)14-3-2-4-16(12-14)26(22,23)20-7-9-24-10-8-20/h2-6,11-12H,7-10H2,1H3. The van der Waals surface area contributed by atoms with E-state index in [1.165, 1.54) is 28.6 Å². The highest BCUT2D eigenvalue weighted by molar-refractivity contribution is 7.89. The normalized spacial score (nSPS) is 15.6. The summed E-state index contributed by atoms with van der Waals surface area (Å²) in [5.74, 6) is -0.254. The van der Waals surface area contributed by atoms with Crippen molar-refractivity contribution >= 4 is 27.6 Å². The highest BCUT2D eigenvalue weighted by Gasteiger charge is 2.27. The van der Waals surface area contributed by atoms with E-state index in [-0.39, 0.29) is 10.5 Å². The fourth-order valence-corrected chi connectivity index (χ4v) is 4.29. The average Bonchev–Trinajstić information content (AvgIpc) is 2.65. The Morgan fingerprint density at radius 1 is 1.15 bits per heavy atom. The maximum absolute atomic E-state index is 12.7. The third-order valence-corrected chi connectivity index (χ3v) is 6.15. The van der Waals surface area contributed by atoms with Gasteiger partial charge in [0.2, 0.25) is 10.0 Å². The van der Waals surface area contributed by atoms with E-state index >= 15 is 0 Å². The van der Waals surface area contributed by atoms with E-state index in [1.807, 2.05) is 0 Å². The minimum atomic E-state index is -3.68. The van der Waals surface area contributed by atoms with E-state index in [9.17, 15) is 13.2 Å². The van der Waals surface area contributed by atoms with Gasteiger partial charge in [0.1, 0.15) is 5.75 Å². The molecule has 1 aliphatic heterocycles. The Bertz CT molecular complexity index is 923. The number of hydrogen-bond acceptors (Lipinski definition) is 5. The lowest BCUT2D eigenvalue weighted by molar-refractivity contribution is 0.0726. The fraction of sp³-hybridized carbons (Fsp3) is 0.278. The molecule has 1 aliphatic rings. The number of morpholine rings is 1. The molecule has 3 rings (SSSR count). The van der Waals surface area contributed by atoms with E-state index in [2.05, 4.69) is 0 Å². The predicted molar refractivity (Wildman–Crippen MR) is 97.2 cm³/mol. The highest BCUT2D eigenvalue weighted by Crippen LogP contribution is 2.24. The summed E-state index contributed by atoms with van der Waals surface area (Å²) >= 11 is 5.89. The molecule has 2 aromatic rings. The molecule has 0 saturated carbocycles. The van der Waals surface area contributed by atoms with Crippen molar-refractivity contribution in [1.82, 2.24) is 4.31 Å². The zero-order valence-electron chi connectivity index (χ0n) is 14.1. The van der Waals surface area contributed by atoms with E-state index in [0.717, 1.165) is 0 Å². The van der Waals surface area contributed by atoms with Gasteiger partial charge in [-0.1, -0.05) is 17.7 Å². The van der Waals surface area contributed by atoms with E-state index in [4.69, 9.17) is 21.1 Å². The van der Waals surface area contributed by atoms with E-state index in [1.54, 1.807) is 25.1 Å². The summed E-state index contributed by atoms with van der Waals surface area (Å²) < 4.78 is 37.3. The van der Waals surface area contributed by atoms with Gasteiger partial charge in [0.15, 0.2) is 0 Å². The third-order valence-electron chi connectivity index (χ3n) is 4.02. The smallest absolute Gasteiger partial charge is 0.343 e. The zero-order valence-corrected chi connectivity index (χ0v) is 15.7. The first-order valence-electron chi connectivity index (χ1n) is 8.04. The molecule has 0 amide bonds. The molecule has 6 nitrogen and oxygen atoms in total. The Labute approximate surface area is 157 Å². The van der Waals surface area contributed by atoms with Gasteiger partial charge >= 0.3 is 5.97 Å². The number of carbonyl (C=O) groups is 1. The number of rotatable bonds is 4. The van der Waals surface area contributed by atoms with Gasteiger partial charge in [-0.25, -0.2) is 13.2 Å². The van der Waals surface area contributed by atoms with Crippen LogP contribution in [0, 0.1) is 6.92 Å². The van der Waals surface area contributed by atoms with Gasteiger partial charge in [-0.15, -0.1) is 0 Å². The van der Waals surface area contributed by atoms with Crippen molar-refractivity contribution in [3.8, 4) is 5.75 Å². The maximum Gasteiger partial charge on any atom is 0.343 e. The maximum atomic E-state index is 12.7. The van der Waals surface area contributed by atoms with Crippen LogP contribution in [0.4, 0.5) is 0 Å². The molecule has 0 unspecified atom stereocenters. The Kier molecular flexibility index (Phi) is 5.62. The number of halogens is 1. The molecule has 0 radical (unpaired) electrons. The van der Waals surface area contributed by atoms with Crippen LogP contribution in [0.25, 0.3) is 0 Å². The molecule has 8 heteroatoms. The largest absolute Gasteiger partial charge is 0.423 e. The first-order chi connectivity index (χ1) is 12.4. The molecule has 1 saturated heterocycles. The predicted octanol–water partition coefficient (Wildman–Crippen LogP) is 2.89. The van der Waals surface area contributed by atoms with Crippen molar-refractivity contribution in [3.63, 3.8) is 0 Å². The first-order valence-corrected chi connectivity index (χ1v) is 9.86. The van der Waals surface area contributed by atoms with Crippen LogP contribution in [-0.4, -0.2) is 45.0 Å². The quantitative estimate of drug-likeness (QED) is 0.588. The second kappa shape index (κ2) is 7.75. The average molecular weight is 396 g/mol. The van der Waals surface area contributed by atoms with Crippen LogP contribution in [0.5, 0.6) is 5.75 Å². The number of aryl methyl sites for hydroxylation is 1. The van der Waals surface area contributed by atoms with Gasteiger partial charge in [-0.2, -0.15) is 4.31 Å². The fourth-order valence-electron chi connectivity index (χ4n) is 2.61. The van der Waals surface area contributed by atoms with Gasteiger partial charge in [0, 0.05) is 18.1 Å². The van der Waals surface area contributed by atoms with Crippen molar-refractivity contribution in [2.45, 2.75) is 11.8 Å². The van der Waals surface area contributed by atoms with Crippen LogP contribution in [0.3, 0.4) is 0 Å². The number of ether oxygens (including phenoxy) is 2. The van der Waals surface area contributed by atoms with Gasteiger partial charge in [-0.05, 0) is 48.9 Å². The van der Waals surface area contributed by atoms with Crippen molar-refractivity contribution in [1.29, 1.82) is 0 Å². The minimum absolute atomic E-state index is 0.0571. The topological polar surface area (TPSA) is 72.9 Å². The molecule has 0 aromatic heterocycles. The Hall–Kier alpha value is -1.93. The second-order valence-corrected chi connectivity index (χ2v) is 8.22. The summed E-state index contributed by atoms with van der Waals surface area (Å²) in [5, 5.41) is 0.543. The van der Waals surface area contributed by atoms with Crippen LogP contribution in [0.15, 0.2) is 47.4 Å². The summed E-state index contributed by atoms with van der Waals surface area (Å²) in [6.45, 7) is 3.07. The van der Waals surface area contributed by atoms with Gasteiger partial charge in [0.05, 0.1) is 23.7 Å². The minimum Gasteiger partial charge on any atom is -0.423 e. The first kappa shape index (κ1) is 18.8. The lowest BCUT2D eigenvalue weighted by atomic mass is 10.2. The van der Waals surface area contributed by atoms with Gasteiger partial charge < -0.3 is 9.47 Å². The van der Waals surface area contributed by atoms with Gasteiger partial charge in [0.25, 0.3) is 0 Å². The summed E-state index contributed by atoms with van der Waals surface area (Å²) in [7, 11) is -3.68. The Balaban J connectivity index is 1.83. The molecule has 0 N–H and O–H groups in total. The summed E-state index contributed by atoms with van der Waals surface area (Å²) in [4.78, 5) is 12.5. The number of benzene rings is 2. The second-order valence-electron chi connectivity index (χ2n) is 5.84. The molecule has 138 valence electrons. The molecule has 0 spiro atoms. The van der Waals surface area contributed by atoms with Crippen molar-refractivity contribution in [2.24, 2.45) is 0 Å². The third kappa shape index (κ3) is 4.07. The Morgan fingerprint density at radius 2 is 1.88 bits per heavy atom. The summed E-state index contributed by atoms with van der Waals surface area (Å²) in [6, 6.07) is 10.8. The highest BCUT2D eigenvalue weighted by atomic mass is 35.5. The van der Waals surface area contributed by atoms with Crippen LogP contribution in [0.1, 0.15) is 15.9 Å². The molecule has 0 aliphatic carbocycles. The molecule has 0 bridgehead atoms. The molecule has 1 heterocycles. The lowest BCUT2D eigenvalue weighted by Crippen LogP contribution is -2.40. The molecule has 1 fully saturated rings. The van der Waals surface area contributed by atoms with Crippen LogP contribution >= 0.6 is 11.6 Å². The van der Waals surface area contributed by atoms with Gasteiger partial charge in [-0.3, -0.25) is 0 Å². The van der Waals surface area contributed by atoms with Crippen molar-refractivity contribution in [3.05, 3.63) is 58.6 Å². The van der Waals surface area contributed by atoms with Crippen LogP contribution < -0.4 is 4.74 Å². The number of carbonyl (C=O) groups excluding carboxylic acids is 1. The van der Waals surface area contributed by atoms with Crippen LogP contribution in [0.2, 0.25) is 5.02 Å². The number of hydrogen-bond donors (Lipinski definition) is 0.